The van der Waals surface area contributed by atoms with Gasteiger partial charge in [0.15, 0.2) is 11.6 Å². The third kappa shape index (κ3) is 6.56. The molecule has 81 heavy (non-hydrogen) atoms. The predicted octanol–water partition coefficient (Wildman–Crippen LogP) is 16.9. The maximum atomic E-state index is 16.0. The van der Waals surface area contributed by atoms with Crippen LogP contribution in [-0.2, 0) is 9.59 Å². The number of ketones is 2. The number of fused-ring (bicyclic) bond motifs is 8. The Morgan fingerprint density at radius 2 is 0.556 bits per heavy atom. The summed E-state index contributed by atoms with van der Waals surface area (Å²) < 4.78 is 0. The lowest BCUT2D eigenvalue weighted by Crippen LogP contribution is -2.43. The summed E-state index contributed by atoms with van der Waals surface area (Å²) in [7, 11) is 0. The van der Waals surface area contributed by atoms with Crippen molar-refractivity contribution in [2.24, 2.45) is 0 Å². The van der Waals surface area contributed by atoms with Gasteiger partial charge in [0, 0.05) is 90.3 Å². The number of aromatic amines is 2. The summed E-state index contributed by atoms with van der Waals surface area (Å²) in [6.07, 6.45) is 8.58. The van der Waals surface area contributed by atoms with Crippen molar-refractivity contribution < 1.29 is 9.59 Å². The lowest BCUT2D eigenvalue weighted by molar-refractivity contribution is -0.117. The van der Waals surface area contributed by atoms with E-state index in [1.165, 1.54) is 16.7 Å². The Morgan fingerprint density at radius 3 is 0.864 bits per heavy atom. The molecule has 0 spiro atoms. The number of allylic oxidation sites excluding steroid dienone is 4. The molecule has 2 aliphatic heterocycles. The number of hydrogen-bond acceptors (Lipinski definition) is 4. The van der Waals surface area contributed by atoms with E-state index < -0.39 is 11.8 Å². The van der Waals surface area contributed by atoms with E-state index in [9.17, 15) is 0 Å². The average molecular weight is 1040 g/mol. The number of H-pyrrole nitrogens is 2. The zero-order valence-corrected chi connectivity index (χ0v) is 44.7. The van der Waals surface area contributed by atoms with Crippen LogP contribution in [0.5, 0.6) is 0 Å². The molecule has 7 aliphatic carbocycles. The van der Waals surface area contributed by atoms with E-state index in [0.717, 1.165) is 134 Å². The minimum Gasteiger partial charge on any atom is -0.354 e. The molecule has 12 bridgehead atoms. The number of nitrogens with zero attached hydrogens (tertiary/aromatic N) is 2. The van der Waals surface area contributed by atoms with Gasteiger partial charge in [-0.05, 0) is 142 Å². The second-order valence-electron chi connectivity index (χ2n) is 22.9. The molecule has 6 heteroatoms. The monoisotopic (exact) mass is 1040 g/mol. The molecule has 2 unspecified atom stereocenters. The first-order valence-electron chi connectivity index (χ1n) is 28.1. The number of hydrogen-bond donors (Lipinski definition) is 2. The van der Waals surface area contributed by atoms with Gasteiger partial charge in [-0.25, -0.2) is 9.97 Å². The molecule has 3 aromatic heterocycles. The van der Waals surface area contributed by atoms with Crippen LogP contribution in [0.1, 0.15) is 108 Å². The maximum absolute atomic E-state index is 16.0. The van der Waals surface area contributed by atoms with Crippen molar-refractivity contribution >= 4 is 57.9 Å². The van der Waals surface area contributed by atoms with E-state index in [2.05, 4.69) is 243 Å². The number of benzene rings is 7. The minimum atomic E-state index is -0.453. The highest BCUT2D eigenvalue weighted by atomic mass is 16.1. The predicted molar refractivity (Wildman–Crippen MR) is 326 cm³/mol. The summed E-state index contributed by atoms with van der Waals surface area (Å²) in [5, 5.41) is 0. The molecule has 6 nitrogen and oxygen atoms in total. The topological polar surface area (TPSA) is 91.5 Å². The molecule has 0 radical (unpaired) electrons. The fourth-order valence-electron chi connectivity index (χ4n) is 14.8. The van der Waals surface area contributed by atoms with Crippen LogP contribution in [0.25, 0.3) is 90.9 Å². The Kier molecular flexibility index (Phi) is 9.63. The number of rotatable bonds is 4. The van der Waals surface area contributed by atoms with Crippen molar-refractivity contribution in [3.8, 4) is 44.5 Å². The van der Waals surface area contributed by atoms with Gasteiger partial charge in [0.25, 0.3) is 0 Å². The number of aryl methyl sites for hydroxylation is 3. The lowest BCUT2D eigenvalue weighted by atomic mass is 9.51. The standard InChI is InChI=1S/C75H50N4O2/c1-39-16-22-42(23-17-39)62-54-30-32-56(76-54)63(43-24-18-40(2)19-25-43)58-34-36-60(78-58)65(61-37-35-59(79-61)64(57-33-31-55(62)77-57)44-26-20-41(3)21-27-44)45-28-29-52-53(38-45)69-51-15-9-8-14-50(51)68(52)72-73(69)75(81)71-67-48-12-6-4-10-46(48)66(70(71)74(72)80)47-11-5-7-13-49(47)67/h4-38,66-69,76,79H,1-3H3. The molecule has 10 aromatic rings. The number of carbonyl (C=O) groups is 2. The van der Waals surface area contributed by atoms with Gasteiger partial charge in [0.1, 0.15) is 0 Å². The van der Waals surface area contributed by atoms with Gasteiger partial charge in [0.05, 0.1) is 22.8 Å². The van der Waals surface area contributed by atoms with Gasteiger partial charge < -0.3 is 9.97 Å². The zero-order chi connectivity index (χ0) is 53.9. The van der Waals surface area contributed by atoms with E-state index in [0.29, 0.717) is 22.3 Å². The Balaban J connectivity index is 0.918. The lowest BCUT2D eigenvalue weighted by Gasteiger charge is -2.49. The molecule has 19 rings (SSSR count). The molecule has 2 atom stereocenters. The van der Waals surface area contributed by atoms with Crippen LogP contribution in [0.2, 0.25) is 0 Å². The fraction of sp³-hybridized carbons (Fsp3) is 0.0933. The van der Waals surface area contributed by atoms with Crippen LogP contribution in [0.4, 0.5) is 0 Å². The summed E-state index contributed by atoms with van der Waals surface area (Å²) in [5.74, 6) is -1.45. The quantitative estimate of drug-likeness (QED) is 0.172. The molecule has 9 aliphatic rings. The smallest absolute Gasteiger partial charge is 0.187 e. The number of nitrogens with one attached hydrogen (secondary N) is 2. The zero-order valence-electron chi connectivity index (χ0n) is 44.7. The van der Waals surface area contributed by atoms with Gasteiger partial charge in [-0.3, -0.25) is 9.59 Å². The summed E-state index contributed by atoms with van der Waals surface area (Å²) in [5.41, 5.74) is 30.0. The second kappa shape index (κ2) is 17.0. The second-order valence-corrected chi connectivity index (χ2v) is 22.9. The third-order valence-electron chi connectivity index (χ3n) is 18.3. The molecule has 382 valence electrons. The normalized spacial score (nSPS) is 18.4. The molecular formula is C75H50N4O2. The van der Waals surface area contributed by atoms with Gasteiger partial charge in [0.2, 0.25) is 0 Å². The van der Waals surface area contributed by atoms with Crippen molar-refractivity contribution in [3.05, 3.63) is 294 Å². The van der Waals surface area contributed by atoms with Gasteiger partial charge in [-0.15, -0.1) is 0 Å². The molecule has 7 aromatic carbocycles. The summed E-state index contributed by atoms with van der Waals surface area (Å²) >= 11 is 0. The molecule has 2 N–H and O–H groups in total. The third-order valence-corrected chi connectivity index (χ3v) is 18.3. The first-order chi connectivity index (χ1) is 39.7. The first kappa shape index (κ1) is 45.9. The van der Waals surface area contributed by atoms with Crippen LogP contribution in [0.15, 0.2) is 210 Å². The van der Waals surface area contributed by atoms with Crippen molar-refractivity contribution in [2.45, 2.75) is 44.4 Å². The van der Waals surface area contributed by atoms with Crippen molar-refractivity contribution in [2.75, 3.05) is 0 Å². The van der Waals surface area contributed by atoms with Crippen LogP contribution >= 0.6 is 0 Å². The van der Waals surface area contributed by atoms with Crippen LogP contribution in [-0.4, -0.2) is 31.5 Å². The highest BCUT2D eigenvalue weighted by Crippen LogP contribution is 2.64. The van der Waals surface area contributed by atoms with E-state index in [1.54, 1.807) is 0 Å². The van der Waals surface area contributed by atoms with Gasteiger partial charge in [-0.1, -0.05) is 174 Å². The Morgan fingerprint density at radius 1 is 0.296 bits per heavy atom. The molecule has 5 heterocycles. The van der Waals surface area contributed by atoms with E-state index in [-0.39, 0.29) is 23.4 Å². The number of carbonyl (C=O) groups excluding carboxylic acids is 2. The van der Waals surface area contributed by atoms with Crippen LogP contribution in [0, 0.1) is 20.8 Å². The molecule has 0 amide bonds. The van der Waals surface area contributed by atoms with Crippen molar-refractivity contribution in [3.63, 3.8) is 0 Å². The highest BCUT2D eigenvalue weighted by molar-refractivity contribution is 6.30. The van der Waals surface area contributed by atoms with Crippen LogP contribution in [0.3, 0.4) is 0 Å². The SMILES string of the molecule is Cc1ccc(-c2c3nc(c(-c4ccc(C)cc4)c4ccc([nH]4)c(-c4ccc5c(c4)C4C6=C(C(=O)C7=C(C6=O)C6c8ccccc8C7c7ccccc76)C5c5ccccc54)c4nc(c(-c5ccc(C)cc5)c5ccc2[nH]5)C=C4)C=C3)cc1. The van der Waals surface area contributed by atoms with Crippen LogP contribution < -0.4 is 0 Å². The van der Waals surface area contributed by atoms with Gasteiger partial charge in [-0.2, -0.15) is 0 Å². The van der Waals surface area contributed by atoms with E-state index >= 15 is 9.59 Å². The minimum absolute atomic E-state index is 0.00607. The Labute approximate surface area is 468 Å². The van der Waals surface area contributed by atoms with Crippen molar-refractivity contribution in [1.82, 2.24) is 19.9 Å². The van der Waals surface area contributed by atoms with Gasteiger partial charge >= 0.3 is 0 Å². The summed E-state index contributed by atoms with van der Waals surface area (Å²) in [4.78, 5) is 51.0. The maximum Gasteiger partial charge on any atom is 0.187 e. The van der Waals surface area contributed by atoms with E-state index in [1.807, 2.05) is 0 Å². The first-order valence-corrected chi connectivity index (χ1v) is 28.1. The highest BCUT2D eigenvalue weighted by Gasteiger charge is 2.56. The van der Waals surface area contributed by atoms with Crippen molar-refractivity contribution in [1.29, 1.82) is 0 Å². The fourth-order valence-corrected chi connectivity index (χ4v) is 14.8. The number of aromatic nitrogens is 4. The molecule has 0 fully saturated rings. The summed E-state index contributed by atoms with van der Waals surface area (Å²) in [6.45, 7) is 6.35. The Bertz CT molecular complexity index is 4730. The largest absolute Gasteiger partial charge is 0.354 e. The molecular weight excluding hydrogens is 989 g/mol. The summed E-state index contributed by atoms with van der Waals surface area (Å²) in [6, 6.07) is 66.9. The molecule has 0 saturated heterocycles. The van der Waals surface area contributed by atoms with E-state index in [4.69, 9.17) is 9.97 Å². The average Bonchev–Trinajstić information content (AvgIpc) is 2.35. The number of Topliss-reactive ketones (excluding diaryl/α,β-unsaturated/α-hetero) is 2. The Hall–Kier alpha value is -10.0. The molecule has 0 saturated carbocycles.